The van der Waals surface area contributed by atoms with Crippen molar-refractivity contribution in [1.29, 1.82) is 0 Å². The van der Waals surface area contributed by atoms with Crippen LogP contribution in [0.25, 0.3) is 0 Å². The molecule has 3 fully saturated rings. The van der Waals surface area contributed by atoms with Crippen molar-refractivity contribution in [3.05, 3.63) is 12.2 Å². The molecule has 3 aliphatic heterocycles. The third-order valence-corrected chi connectivity index (χ3v) is 14.7. The van der Waals surface area contributed by atoms with Crippen molar-refractivity contribution in [2.24, 2.45) is 0 Å². The molecule has 450 valence electrons. The van der Waals surface area contributed by atoms with E-state index >= 15 is 0 Å². The number of aliphatic hydroxyl groups excluding tert-OH is 11. The van der Waals surface area contributed by atoms with Gasteiger partial charge in [0.05, 0.1) is 50.7 Å². The lowest BCUT2D eigenvalue weighted by Gasteiger charge is -2.50. The number of aliphatic carboxylic acids is 1. The molecule has 0 aliphatic carbocycles. The summed E-state index contributed by atoms with van der Waals surface area (Å²) in [6.45, 7) is 2.05. The predicted octanol–water partition coefficient (Wildman–Crippen LogP) is 1.21. The fourth-order valence-corrected chi connectivity index (χ4v) is 10.1. The van der Waals surface area contributed by atoms with Crippen molar-refractivity contribution in [3.63, 3.8) is 0 Å². The minimum Gasteiger partial charge on any atom is -0.477 e. The van der Waals surface area contributed by atoms with E-state index in [1.807, 2.05) is 6.08 Å². The Balaban J connectivity index is 1.70. The number of nitrogens with one attached hydrogen (secondary N) is 2. The van der Waals surface area contributed by atoms with Crippen LogP contribution in [0.2, 0.25) is 0 Å². The topological polar surface area (TPSA) is 373 Å². The van der Waals surface area contributed by atoms with Gasteiger partial charge in [-0.3, -0.25) is 9.59 Å². The van der Waals surface area contributed by atoms with Gasteiger partial charge in [0.1, 0.15) is 67.1 Å². The van der Waals surface area contributed by atoms with Crippen LogP contribution in [0.1, 0.15) is 175 Å². The third-order valence-electron chi connectivity index (χ3n) is 14.7. The fraction of sp³-hybridized carbons (Fsp3) is 0.907. The largest absolute Gasteiger partial charge is 0.477 e. The zero-order valence-corrected chi connectivity index (χ0v) is 45.8. The number of hydrogen-bond acceptors (Lipinski definition) is 20. The Bertz CT molecular complexity index is 1650. The smallest absolute Gasteiger partial charge is 0.364 e. The third kappa shape index (κ3) is 22.7. The summed E-state index contributed by atoms with van der Waals surface area (Å²) in [5, 5.41) is 135. The molecule has 0 saturated carbocycles. The van der Waals surface area contributed by atoms with E-state index in [1.54, 1.807) is 6.08 Å². The lowest BCUT2D eigenvalue weighted by Crippen LogP contribution is -2.70. The maximum atomic E-state index is 13.3. The second-order valence-electron chi connectivity index (χ2n) is 21.2. The number of rotatable bonds is 40. The number of carbonyl (C=O) groups is 3. The molecule has 0 spiro atoms. The van der Waals surface area contributed by atoms with Crippen LogP contribution in [0, 0.1) is 0 Å². The lowest BCUT2D eigenvalue weighted by molar-refractivity contribution is -0.386. The predicted molar refractivity (Wildman–Crippen MR) is 278 cm³/mol. The average molecular weight is 1110 g/mol. The van der Waals surface area contributed by atoms with Gasteiger partial charge in [-0.1, -0.05) is 148 Å². The van der Waals surface area contributed by atoms with Crippen LogP contribution < -0.4 is 10.6 Å². The molecule has 23 nitrogen and oxygen atoms in total. The second kappa shape index (κ2) is 37.5. The Morgan fingerprint density at radius 1 is 0.675 bits per heavy atom. The Morgan fingerprint density at radius 2 is 1.21 bits per heavy atom. The van der Waals surface area contributed by atoms with Crippen LogP contribution in [0.5, 0.6) is 0 Å². The summed E-state index contributed by atoms with van der Waals surface area (Å²) < 4.78 is 34.6. The molecule has 77 heavy (non-hydrogen) atoms. The number of carbonyl (C=O) groups excluding carboxylic acids is 2. The molecule has 2 amide bonds. The number of aliphatic hydroxyl groups is 11. The minimum absolute atomic E-state index is 0.203. The monoisotopic (exact) mass is 1110 g/mol. The van der Waals surface area contributed by atoms with Gasteiger partial charge in [0, 0.05) is 19.8 Å². The molecule has 0 radical (unpaired) electrons. The molecule has 3 aliphatic rings. The van der Waals surface area contributed by atoms with E-state index in [0.717, 1.165) is 51.9 Å². The Kier molecular flexibility index (Phi) is 33.5. The number of carboxylic acids is 1. The van der Waals surface area contributed by atoms with Crippen molar-refractivity contribution in [2.75, 3.05) is 26.4 Å². The van der Waals surface area contributed by atoms with Crippen molar-refractivity contribution in [2.45, 2.75) is 285 Å². The highest BCUT2D eigenvalue weighted by Crippen LogP contribution is 2.38. The highest BCUT2D eigenvalue weighted by molar-refractivity contribution is 5.77. The van der Waals surface area contributed by atoms with Crippen LogP contribution in [-0.4, -0.2) is 215 Å². The van der Waals surface area contributed by atoms with Crippen LogP contribution in [0.15, 0.2) is 12.2 Å². The molecule has 0 bridgehead atoms. The number of ether oxygens (including phenoxy) is 6. The summed E-state index contributed by atoms with van der Waals surface area (Å²) in [6.07, 6.45) is -1.19. The molecule has 14 N–H and O–H groups in total. The van der Waals surface area contributed by atoms with Gasteiger partial charge in [-0.15, -0.1) is 0 Å². The SMILES string of the molecule is CCCCCCCCCC/C=C/C(O)C(COC1OC(CO)C(OC2OC(CO)C(O)C(OC3(C(=O)O)CC(O)C(NC(C)=O)C(C(O)C(O)CO)O3)C2O)C(O)C1O)NC(=O)CCCCCCCCCCCCCCC. The Morgan fingerprint density at radius 3 is 1.73 bits per heavy atom. The van der Waals surface area contributed by atoms with E-state index in [1.165, 1.54) is 83.5 Å². The Hall–Kier alpha value is -2.53. The molecule has 3 saturated heterocycles. The first-order chi connectivity index (χ1) is 36.9. The van der Waals surface area contributed by atoms with Crippen molar-refractivity contribution >= 4 is 17.8 Å². The van der Waals surface area contributed by atoms with E-state index in [2.05, 4.69) is 24.5 Å². The quantitative estimate of drug-likeness (QED) is 0.0303. The van der Waals surface area contributed by atoms with Crippen LogP contribution >= 0.6 is 0 Å². The number of hydrogen-bond donors (Lipinski definition) is 14. The van der Waals surface area contributed by atoms with E-state index in [-0.39, 0.29) is 12.3 Å². The number of allylic oxidation sites excluding steroid dienone is 1. The van der Waals surface area contributed by atoms with Gasteiger partial charge in [-0.2, -0.15) is 0 Å². The summed E-state index contributed by atoms with van der Waals surface area (Å²) in [6, 6.07) is -2.61. The van der Waals surface area contributed by atoms with Crippen LogP contribution in [0.3, 0.4) is 0 Å². The number of unbranched alkanes of at least 4 members (excludes halogenated alkanes) is 20. The molecular formula is C54H98N2O21. The molecule has 3 heterocycles. The van der Waals surface area contributed by atoms with Gasteiger partial charge in [0.25, 0.3) is 5.79 Å². The van der Waals surface area contributed by atoms with Gasteiger partial charge in [-0.05, 0) is 19.3 Å². The number of amides is 2. The van der Waals surface area contributed by atoms with E-state index < -0.39 is 155 Å². The number of carboxylic acid groups (broad SMARTS) is 1. The molecule has 0 aromatic rings. The zero-order valence-electron chi connectivity index (χ0n) is 45.8. The normalized spacial score (nSPS) is 31.4. The van der Waals surface area contributed by atoms with Gasteiger partial charge in [0.15, 0.2) is 12.6 Å². The standard InChI is InChI=1S/C54H98N2O21/c1-4-6-8-10-12-14-16-17-18-20-22-24-26-28-41(64)56-35(36(61)27-25-23-21-19-15-13-11-9-7-5-2)33-72-51-46(68)45(67)48(40(32-59)74-51)75-52-47(69)50(44(66)39(31-58)73-52)77-54(53(70)71)29-37(62)42(55-34(3)60)49(76-54)43(65)38(63)30-57/h25,27,35-40,42-52,57-59,61-63,65-69H,4-24,26,28-33H2,1-3H3,(H,55,60)(H,56,64)(H,70,71)/b27-25+. The van der Waals surface area contributed by atoms with Crippen molar-refractivity contribution in [1.82, 2.24) is 10.6 Å². The Labute approximate surface area is 454 Å². The summed E-state index contributed by atoms with van der Waals surface area (Å²) in [5.74, 6) is -6.14. The minimum atomic E-state index is -3.08. The van der Waals surface area contributed by atoms with Crippen LogP contribution in [-0.2, 0) is 42.8 Å². The van der Waals surface area contributed by atoms with Gasteiger partial charge in [-0.25, -0.2) is 4.79 Å². The van der Waals surface area contributed by atoms with Crippen LogP contribution in [0.4, 0.5) is 0 Å². The van der Waals surface area contributed by atoms with Crippen molar-refractivity contribution in [3.8, 4) is 0 Å². The molecule has 18 unspecified atom stereocenters. The van der Waals surface area contributed by atoms with Crippen molar-refractivity contribution < 1.29 is 104 Å². The van der Waals surface area contributed by atoms with E-state index in [0.29, 0.717) is 12.8 Å². The zero-order chi connectivity index (χ0) is 56.9. The fourth-order valence-electron chi connectivity index (χ4n) is 10.1. The first kappa shape index (κ1) is 68.7. The summed E-state index contributed by atoms with van der Waals surface area (Å²) >= 11 is 0. The van der Waals surface area contributed by atoms with E-state index in [4.69, 9.17) is 28.4 Å². The first-order valence-electron chi connectivity index (χ1n) is 28.6. The van der Waals surface area contributed by atoms with Gasteiger partial charge in [0.2, 0.25) is 11.8 Å². The maximum absolute atomic E-state index is 13.3. The average Bonchev–Trinajstić information content (AvgIpc) is 3.40. The molecule has 0 aromatic carbocycles. The van der Waals surface area contributed by atoms with Gasteiger partial charge >= 0.3 is 5.97 Å². The van der Waals surface area contributed by atoms with E-state index in [9.17, 15) is 75.7 Å². The highest BCUT2D eigenvalue weighted by Gasteiger charge is 2.60. The summed E-state index contributed by atoms with van der Waals surface area (Å²) in [5.41, 5.74) is 0. The maximum Gasteiger partial charge on any atom is 0.364 e. The molecule has 18 atom stereocenters. The lowest BCUT2D eigenvalue weighted by atomic mass is 9.88. The molecular weight excluding hydrogens is 1010 g/mol. The van der Waals surface area contributed by atoms with Gasteiger partial charge < -0.3 is 100 Å². The molecule has 3 rings (SSSR count). The highest BCUT2D eigenvalue weighted by atomic mass is 16.8. The summed E-state index contributed by atoms with van der Waals surface area (Å²) in [7, 11) is 0. The molecule has 23 heteroatoms. The molecule has 0 aromatic heterocycles. The summed E-state index contributed by atoms with van der Waals surface area (Å²) in [4.78, 5) is 38.2. The first-order valence-corrected chi connectivity index (χ1v) is 28.6. The second-order valence-corrected chi connectivity index (χ2v) is 21.2.